The van der Waals surface area contributed by atoms with E-state index in [9.17, 15) is 4.79 Å². The van der Waals surface area contributed by atoms with Gasteiger partial charge in [0, 0.05) is 12.3 Å². The van der Waals surface area contributed by atoms with E-state index < -0.39 is 0 Å². The topological polar surface area (TPSA) is 17.1 Å². The van der Waals surface area contributed by atoms with Crippen LogP contribution in [0.15, 0.2) is 0 Å². The van der Waals surface area contributed by atoms with E-state index in [2.05, 4.69) is 20.8 Å². The van der Waals surface area contributed by atoms with Gasteiger partial charge in [-0.25, -0.2) is 0 Å². The highest BCUT2D eigenvalue weighted by molar-refractivity contribution is 5.81. The van der Waals surface area contributed by atoms with E-state index in [0.717, 1.165) is 31.1 Å². The smallest absolute Gasteiger partial charge is 0.136 e. The van der Waals surface area contributed by atoms with Gasteiger partial charge in [0.2, 0.25) is 0 Å². The van der Waals surface area contributed by atoms with Gasteiger partial charge in [-0.1, -0.05) is 52.9 Å². The molecule has 0 spiro atoms. The SMILES string of the molecule is CC(C)(C)C1CCC(C(=O)CC2CCCCC2)CC1. The number of hydrogen-bond acceptors (Lipinski definition) is 1. The van der Waals surface area contributed by atoms with E-state index in [1.165, 1.54) is 44.9 Å². The second-order valence-corrected chi connectivity index (χ2v) is 8.09. The van der Waals surface area contributed by atoms with Gasteiger partial charge in [-0.2, -0.15) is 0 Å². The molecule has 0 atom stereocenters. The molecule has 0 aromatic rings. The monoisotopic (exact) mass is 264 g/mol. The molecule has 0 aliphatic heterocycles. The minimum Gasteiger partial charge on any atom is -0.299 e. The third-order valence-corrected chi connectivity index (χ3v) is 5.62. The van der Waals surface area contributed by atoms with Crippen LogP contribution in [0.4, 0.5) is 0 Å². The van der Waals surface area contributed by atoms with Crippen LogP contribution in [0.5, 0.6) is 0 Å². The molecule has 2 saturated carbocycles. The Morgan fingerprint density at radius 1 is 0.895 bits per heavy atom. The molecule has 0 radical (unpaired) electrons. The first-order valence-electron chi connectivity index (χ1n) is 8.49. The van der Waals surface area contributed by atoms with Crippen LogP contribution < -0.4 is 0 Å². The van der Waals surface area contributed by atoms with Crippen LogP contribution in [-0.4, -0.2) is 5.78 Å². The molecule has 2 aliphatic rings. The Morgan fingerprint density at radius 3 is 2.00 bits per heavy atom. The van der Waals surface area contributed by atoms with Gasteiger partial charge in [0.1, 0.15) is 5.78 Å². The molecule has 1 nitrogen and oxygen atoms in total. The van der Waals surface area contributed by atoms with Gasteiger partial charge in [-0.05, 0) is 42.9 Å². The molecule has 0 heterocycles. The van der Waals surface area contributed by atoms with Crippen LogP contribution >= 0.6 is 0 Å². The van der Waals surface area contributed by atoms with Crippen molar-refractivity contribution >= 4 is 5.78 Å². The second-order valence-electron chi connectivity index (χ2n) is 8.09. The average molecular weight is 264 g/mol. The molecule has 2 aliphatic carbocycles. The molecule has 0 saturated heterocycles. The van der Waals surface area contributed by atoms with Gasteiger partial charge in [0.05, 0.1) is 0 Å². The van der Waals surface area contributed by atoms with Crippen molar-refractivity contribution in [1.29, 1.82) is 0 Å². The minimum atomic E-state index is 0.403. The van der Waals surface area contributed by atoms with Crippen LogP contribution in [-0.2, 0) is 4.79 Å². The van der Waals surface area contributed by atoms with Crippen LogP contribution in [0, 0.1) is 23.2 Å². The van der Waals surface area contributed by atoms with Gasteiger partial charge in [0.15, 0.2) is 0 Å². The summed E-state index contributed by atoms with van der Waals surface area (Å²) >= 11 is 0. The Bertz CT molecular complexity index is 285. The van der Waals surface area contributed by atoms with Crippen LogP contribution in [0.1, 0.15) is 85.0 Å². The summed E-state index contributed by atoms with van der Waals surface area (Å²) in [6.07, 6.45) is 12.5. The first kappa shape index (κ1) is 15.1. The van der Waals surface area contributed by atoms with Crippen molar-refractivity contribution in [3.05, 3.63) is 0 Å². The molecule has 19 heavy (non-hydrogen) atoms. The highest BCUT2D eigenvalue weighted by Crippen LogP contribution is 2.40. The Hall–Kier alpha value is -0.330. The summed E-state index contributed by atoms with van der Waals surface area (Å²) in [5, 5.41) is 0. The number of Topliss-reactive ketones (excluding diaryl/α,β-unsaturated/α-hetero) is 1. The Morgan fingerprint density at radius 2 is 1.47 bits per heavy atom. The lowest BCUT2D eigenvalue weighted by Crippen LogP contribution is -2.29. The highest BCUT2D eigenvalue weighted by atomic mass is 16.1. The molecule has 1 heteroatoms. The normalized spacial score (nSPS) is 30.3. The fourth-order valence-electron chi connectivity index (χ4n) is 4.12. The van der Waals surface area contributed by atoms with Crippen molar-refractivity contribution in [1.82, 2.24) is 0 Å². The first-order chi connectivity index (χ1) is 8.97. The van der Waals surface area contributed by atoms with E-state index in [1.807, 2.05) is 0 Å². The Kier molecular flexibility index (Phi) is 5.09. The summed E-state index contributed by atoms with van der Waals surface area (Å²) in [6, 6.07) is 0. The molecular weight excluding hydrogens is 232 g/mol. The van der Waals surface area contributed by atoms with Gasteiger partial charge in [-0.15, -0.1) is 0 Å². The number of hydrogen-bond donors (Lipinski definition) is 0. The number of carbonyl (C=O) groups excluding carboxylic acids is 1. The molecule has 2 fully saturated rings. The lowest BCUT2D eigenvalue weighted by atomic mass is 9.68. The maximum Gasteiger partial charge on any atom is 0.136 e. The lowest BCUT2D eigenvalue weighted by molar-refractivity contribution is -0.125. The highest BCUT2D eigenvalue weighted by Gasteiger charge is 2.32. The summed E-state index contributed by atoms with van der Waals surface area (Å²) in [5.41, 5.74) is 0.428. The number of ketones is 1. The predicted octanol–water partition coefficient (Wildman–Crippen LogP) is 5.38. The van der Waals surface area contributed by atoms with Crippen molar-refractivity contribution in [2.24, 2.45) is 23.2 Å². The van der Waals surface area contributed by atoms with Gasteiger partial charge in [-0.3, -0.25) is 4.79 Å². The number of rotatable bonds is 3. The zero-order valence-electron chi connectivity index (χ0n) is 13.2. The molecule has 0 bridgehead atoms. The van der Waals surface area contributed by atoms with E-state index >= 15 is 0 Å². The quantitative estimate of drug-likeness (QED) is 0.669. The van der Waals surface area contributed by atoms with Crippen molar-refractivity contribution < 1.29 is 4.79 Å². The van der Waals surface area contributed by atoms with E-state index in [0.29, 0.717) is 17.1 Å². The zero-order valence-corrected chi connectivity index (χ0v) is 13.2. The fraction of sp³-hybridized carbons (Fsp3) is 0.944. The molecule has 0 aromatic carbocycles. The fourth-order valence-corrected chi connectivity index (χ4v) is 4.12. The summed E-state index contributed by atoms with van der Waals surface area (Å²) in [5.74, 6) is 2.55. The molecule has 0 N–H and O–H groups in total. The van der Waals surface area contributed by atoms with Crippen LogP contribution in [0.2, 0.25) is 0 Å². The van der Waals surface area contributed by atoms with Crippen molar-refractivity contribution in [2.45, 2.75) is 85.0 Å². The van der Waals surface area contributed by atoms with Gasteiger partial charge >= 0.3 is 0 Å². The number of carbonyl (C=O) groups is 1. The zero-order chi connectivity index (χ0) is 13.9. The van der Waals surface area contributed by atoms with Gasteiger partial charge in [0.25, 0.3) is 0 Å². The molecule has 0 aromatic heterocycles. The summed E-state index contributed by atoms with van der Waals surface area (Å²) in [4.78, 5) is 12.4. The average Bonchev–Trinajstić information content (AvgIpc) is 2.39. The van der Waals surface area contributed by atoms with E-state index in [1.54, 1.807) is 0 Å². The summed E-state index contributed by atoms with van der Waals surface area (Å²) in [6.45, 7) is 7.05. The van der Waals surface area contributed by atoms with Crippen LogP contribution in [0.3, 0.4) is 0 Å². The maximum atomic E-state index is 12.4. The van der Waals surface area contributed by atoms with Crippen molar-refractivity contribution in [2.75, 3.05) is 0 Å². The molecule has 110 valence electrons. The predicted molar refractivity (Wildman–Crippen MR) is 81.1 cm³/mol. The summed E-state index contributed by atoms with van der Waals surface area (Å²) in [7, 11) is 0. The molecular formula is C18H32O. The summed E-state index contributed by atoms with van der Waals surface area (Å²) < 4.78 is 0. The largest absolute Gasteiger partial charge is 0.299 e. The van der Waals surface area contributed by atoms with Crippen molar-refractivity contribution in [3.63, 3.8) is 0 Å². The van der Waals surface area contributed by atoms with Crippen molar-refractivity contribution in [3.8, 4) is 0 Å². The second kappa shape index (κ2) is 6.41. The molecule has 0 amide bonds. The maximum absolute atomic E-state index is 12.4. The lowest BCUT2D eigenvalue weighted by Gasteiger charge is -2.37. The Labute approximate surface area is 119 Å². The van der Waals surface area contributed by atoms with E-state index in [-0.39, 0.29) is 0 Å². The van der Waals surface area contributed by atoms with Crippen LogP contribution in [0.25, 0.3) is 0 Å². The minimum absolute atomic E-state index is 0.403. The standard InChI is InChI=1S/C18H32O/c1-18(2,3)16-11-9-15(10-12-16)17(19)13-14-7-5-4-6-8-14/h14-16H,4-13H2,1-3H3. The molecule has 2 rings (SSSR count). The third kappa shape index (κ3) is 4.33. The Balaban J connectivity index is 1.76. The molecule has 0 unspecified atom stereocenters. The first-order valence-corrected chi connectivity index (χ1v) is 8.49. The van der Waals surface area contributed by atoms with E-state index in [4.69, 9.17) is 0 Å². The third-order valence-electron chi connectivity index (χ3n) is 5.62. The van der Waals surface area contributed by atoms with Gasteiger partial charge < -0.3 is 0 Å².